The molecule has 0 heterocycles. The van der Waals surface area contributed by atoms with Crippen molar-refractivity contribution in [3.63, 3.8) is 0 Å². The van der Waals surface area contributed by atoms with E-state index in [1.54, 1.807) is 23.1 Å². The van der Waals surface area contributed by atoms with Gasteiger partial charge in [0.25, 0.3) is 0 Å². The minimum Gasteiger partial charge on any atom is -0.352 e. The third-order valence-corrected chi connectivity index (χ3v) is 10.0. The van der Waals surface area contributed by atoms with Crippen LogP contribution < -0.4 is 9.62 Å². The first kappa shape index (κ1) is 34.0. The number of aryl methyl sites for hydroxylation is 1. The third-order valence-electron chi connectivity index (χ3n) is 8.08. The van der Waals surface area contributed by atoms with E-state index in [-0.39, 0.29) is 43.8 Å². The van der Waals surface area contributed by atoms with E-state index in [4.69, 9.17) is 11.6 Å². The van der Waals surface area contributed by atoms with Crippen LogP contribution in [-0.4, -0.2) is 50.0 Å². The fraction of sp³-hybridized carbons (Fsp3) is 0.412. The molecule has 0 saturated heterocycles. The van der Waals surface area contributed by atoms with Gasteiger partial charge in [-0.2, -0.15) is 0 Å². The lowest BCUT2D eigenvalue weighted by Gasteiger charge is -2.34. The van der Waals surface area contributed by atoms with Crippen molar-refractivity contribution < 1.29 is 18.0 Å². The van der Waals surface area contributed by atoms with Gasteiger partial charge in [0.2, 0.25) is 21.8 Å². The fourth-order valence-corrected chi connectivity index (χ4v) is 7.16. The fourth-order valence-electron chi connectivity index (χ4n) is 5.72. The summed E-state index contributed by atoms with van der Waals surface area (Å²) < 4.78 is 27.8. The molecule has 1 aliphatic rings. The van der Waals surface area contributed by atoms with Gasteiger partial charge in [-0.15, -0.1) is 0 Å². The first-order valence-corrected chi connectivity index (χ1v) is 18.2. The van der Waals surface area contributed by atoms with E-state index in [1.165, 1.54) is 10.7 Å². The number of nitrogens with zero attached hydrogens (tertiary/aromatic N) is 2. The van der Waals surface area contributed by atoms with Crippen molar-refractivity contribution in [2.75, 3.05) is 17.1 Å². The normalized spacial score (nSPS) is 14.5. The van der Waals surface area contributed by atoms with Crippen molar-refractivity contribution >= 4 is 55.1 Å². The van der Waals surface area contributed by atoms with Crippen molar-refractivity contribution in [2.45, 2.75) is 76.9 Å². The second kappa shape index (κ2) is 15.9. The predicted molar refractivity (Wildman–Crippen MR) is 181 cm³/mol. The van der Waals surface area contributed by atoms with Gasteiger partial charge in [-0.1, -0.05) is 95.3 Å². The van der Waals surface area contributed by atoms with E-state index in [9.17, 15) is 18.0 Å². The summed E-state index contributed by atoms with van der Waals surface area (Å²) in [5, 5.41) is 3.69. The molecule has 0 spiro atoms. The van der Waals surface area contributed by atoms with Crippen molar-refractivity contribution in [3.8, 4) is 0 Å². The van der Waals surface area contributed by atoms with Crippen LogP contribution in [0.2, 0.25) is 5.02 Å². The van der Waals surface area contributed by atoms with Crippen molar-refractivity contribution in [3.05, 3.63) is 99.0 Å². The quantitative estimate of drug-likeness (QED) is 0.207. The van der Waals surface area contributed by atoms with Gasteiger partial charge in [0.1, 0.15) is 6.04 Å². The van der Waals surface area contributed by atoms with Crippen LogP contribution >= 0.6 is 27.5 Å². The molecule has 10 heteroatoms. The molecule has 3 aromatic rings. The Bertz CT molecular complexity index is 1510. The summed E-state index contributed by atoms with van der Waals surface area (Å²) in [6.45, 7) is 2.19. The number of anilines is 1. The molecule has 1 fully saturated rings. The van der Waals surface area contributed by atoms with E-state index in [0.29, 0.717) is 17.1 Å². The molecular weight excluding hydrogens is 662 g/mol. The monoisotopic (exact) mass is 701 g/mol. The number of rotatable bonds is 13. The summed E-state index contributed by atoms with van der Waals surface area (Å²) in [6.07, 6.45) is 7.09. The lowest BCUT2D eigenvalue weighted by molar-refractivity contribution is -0.141. The maximum atomic E-state index is 14.1. The molecule has 1 aliphatic carbocycles. The molecule has 236 valence electrons. The van der Waals surface area contributed by atoms with Crippen LogP contribution in [0.25, 0.3) is 0 Å². The Morgan fingerprint density at radius 3 is 2.32 bits per heavy atom. The maximum absolute atomic E-state index is 14.1. The zero-order valence-electron chi connectivity index (χ0n) is 25.3. The van der Waals surface area contributed by atoms with Crippen LogP contribution in [0.1, 0.15) is 61.6 Å². The summed E-state index contributed by atoms with van der Waals surface area (Å²) >= 11 is 9.68. The Hall–Kier alpha value is -2.88. The third kappa shape index (κ3) is 9.81. The number of sulfonamides is 1. The molecule has 0 aromatic heterocycles. The average molecular weight is 703 g/mol. The number of benzene rings is 3. The maximum Gasteiger partial charge on any atom is 0.243 e. The number of halogens is 2. The van der Waals surface area contributed by atoms with E-state index in [2.05, 4.69) is 21.2 Å². The zero-order chi connectivity index (χ0) is 31.7. The molecule has 0 radical (unpaired) electrons. The van der Waals surface area contributed by atoms with Gasteiger partial charge in [0.15, 0.2) is 0 Å². The largest absolute Gasteiger partial charge is 0.352 e. The minimum absolute atomic E-state index is 0.0736. The molecule has 2 amide bonds. The topological polar surface area (TPSA) is 86.8 Å². The Kier molecular flexibility index (Phi) is 12.3. The molecule has 3 aromatic carbocycles. The molecule has 7 nitrogen and oxygen atoms in total. The number of carbonyl (C=O) groups is 2. The zero-order valence-corrected chi connectivity index (χ0v) is 28.5. The SMILES string of the molecule is Cc1ccc(Cl)cc1N(CCCC(=O)N(Cc1ccc(Br)cc1)[C@H](Cc1ccccc1)C(=O)NC1CCCCC1)S(C)(=O)=O. The van der Waals surface area contributed by atoms with Gasteiger partial charge < -0.3 is 10.2 Å². The van der Waals surface area contributed by atoms with E-state index in [0.717, 1.165) is 53.1 Å². The second-order valence-electron chi connectivity index (χ2n) is 11.6. The summed E-state index contributed by atoms with van der Waals surface area (Å²) in [5.41, 5.74) is 3.13. The number of hydrogen-bond donors (Lipinski definition) is 1. The predicted octanol–water partition coefficient (Wildman–Crippen LogP) is 7.05. The Morgan fingerprint density at radius 1 is 0.977 bits per heavy atom. The van der Waals surface area contributed by atoms with Crippen molar-refractivity contribution in [2.24, 2.45) is 0 Å². The van der Waals surface area contributed by atoms with Crippen molar-refractivity contribution in [1.29, 1.82) is 0 Å². The number of carbonyl (C=O) groups excluding carboxylic acids is 2. The van der Waals surface area contributed by atoms with Crippen LogP contribution in [0.15, 0.2) is 77.3 Å². The standard InChI is InChI=1S/C34H41BrClN3O4S/c1-25-15-20-29(36)23-31(25)39(44(2,42)43)21-9-14-33(40)38(24-27-16-18-28(35)19-17-27)32(22-26-10-5-3-6-11-26)34(41)37-30-12-7-4-8-13-30/h3,5-6,10-11,15-20,23,30,32H,4,7-9,12-14,21-22,24H2,1-2H3,(H,37,41)/t32-/m1/s1. The first-order valence-electron chi connectivity index (χ1n) is 15.1. The minimum atomic E-state index is -3.63. The van der Waals surface area contributed by atoms with Crippen LogP contribution in [0, 0.1) is 6.92 Å². The lowest BCUT2D eigenvalue weighted by atomic mass is 9.94. The highest BCUT2D eigenvalue weighted by molar-refractivity contribution is 9.10. The molecule has 0 unspecified atom stereocenters. The van der Waals surface area contributed by atoms with Crippen LogP contribution in [0.3, 0.4) is 0 Å². The summed E-state index contributed by atoms with van der Waals surface area (Å²) in [7, 11) is -3.63. The van der Waals surface area contributed by atoms with Gasteiger partial charge in [0, 0.05) is 41.5 Å². The Balaban J connectivity index is 1.60. The molecule has 1 saturated carbocycles. The molecule has 1 atom stereocenters. The van der Waals surface area contributed by atoms with Gasteiger partial charge >= 0.3 is 0 Å². The average Bonchev–Trinajstić information content (AvgIpc) is 2.99. The van der Waals surface area contributed by atoms with Gasteiger partial charge in [-0.3, -0.25) is 13.9 Å². The van der Waals surface area contributed by atoms with E-state index < -0.39 is 16.1 Å². The van der Waals surface area contributed by atoms with E-state index >= 15 is 0 Å². The highest BCUT2D eigenvalue weighted by Crippen LogP contribution is 2.27. The van der Waals surface area contributed by atoms with Crippen LogP contribution in [0.5, 0.6) is 0 Å². The lowest BCUT2D eigenvalue weighted by Crippen LogP contribution is -2.52. The number of amides is 2. The Labute approximate surface area is 275 Å². The number of nitrogens with one attached hydrogen (secondary N) is 1. The van der Waals surface area contributed by atoms with Crippen LogP contribution in [-0.2, 0) is 32.6 Å². The summed E-state index contributed by atoms with van der Waals surface area (Å²) in [5.74, 6) is -0.359. The molecule has 1 N–H and O–H groups in total. The summed E-state index contributed by atoms with van der Waals surface area (Å²) in [6, 6.07) is 22.0. The van der Waals surface area contributed by atoms with Crippen molar-refractivity contribution in [1.82, 2.24) is 10.2 Å². The van der Waals surface area contributed by atoms with Gasteiger partial charge in [-0.25, -0.2) is 8.42 Å². The van der Waals surface area contributed by atoms with Gasteiger partial charge in [-0.05, 0) is 67.1 Å². The molecule has 44 heavy (non-hydrogen) atoms. The van der Waals surface area contributed by atoms with E-state index in [1.807, 2.05) is 61.5 Å². The Morgan fingerprint density at radius 2 is 1.66 bits per heavy atom. The first-order chi connectivity index (χ1) is 21.0. The summed E-state index contributed by atoms with van der Waals surface area (Å²) in [4.78, 5) is 29.7. The molecule has 0 aliphatic heterocycles. The molecule has 4 rings (SSSR count). The smallest absolute Gasteiger partial charge is 0.243 e. The second-order valence-corrected chi connectivity index (χ2v) is 14.8. The molecular formula is C34H41BrClN3O4S. The van der Waals surface area contributed by atoms with Gasteiger partial charge in [0.05, 0.1) is 11.9 Å². The van der Waals surface area contributed by atoms with Crippen LogP contribution in [0.4, 0.5) is 5.69 Å². The highest BCUT2D eigenvalue weighted by Gasteiger charge is 2.32. The molecule has 0 bridgehead atoms. The number of hydrogen-bond acceptors (Lipinski definition) is 4. The highest BCUT2D eigenvalue weighted by atomic mass is 79.9.